The molecule has 0 heterocycles. The molecule has 0 unspecified atom stereocenters. The van der Waals surface area contributed by atoms with Crippen LogP contribution in [0.25, 0.3) is 0 Å². The molecular formula is H5NaO4SSn. The molecule has 0 aliphatic heterocycles. The van der Waals surface area contributed by atoms with Crippen molar-refractivity contribution in [3.63, 3.8) is 0 Å². The molecule has 0 fully saturated rings. The van der Waals surface area contributed by atoms with E-state index in [-0.39, 0.29) is 54.9 Å². The van der Waals surface area contributed by atoms with Crippen molar-refractivity contribution >= 4 is 34.3 Å². The van der Waals surface area contributed by atoms with Crippen molar-refractivity contribution in [1.29, 1.82) is 0 Å². The van der Waals surface area contributed by atoms with E-state index in [4.69, 9.17) is 17.5 Å². The van der Waals surface area contributed by atoms with Crippen molar-refractivity contribution in [1.82, 2.24) is 0 Å². The fraction of sp³-hybridized carbons (Fsp3) is 0. The van der Waals surface area contributed by atoms with Gasteiger partial charge in [0.25, 0.3) is 0 Å². The maximum absolute atomic E-state index is 8.74. The topological polar surface area (TPSA) is 74.6 Å². The van der Waals surface area contributed by atoms with Gasteiger partial charge >= 0.3 is 63.9 Å². The summed E-state index contributed by atoms with van der Waals surface area (Å²) in [6.45, 7) is 0. The summed E-state index contributed by atoms with van der Waals surface area (Å²) in [5, 5.41) is 0. The second-order valence-corrected chi connectivity index (χ2v) is 1.34. The molecule has 0 amide bonds. The van der Waals surface area contributed by atoms with Crippen LogP contribution in [0.3, 0.4) is 0 Å². The van der Waals surface area contributed by atoms with Gasteiger partial charge in [-0.25, -0.2) is 0 Å². The van der Waals surface area contributed by atoms with E-state index in [0.717, 1.165) is 0 Å². The van der Waals surface area contributed by atoms with Crippen LogP contribution >= 0.6 is 0 Å². The standard InChI is InChI=1S/Na.H2O4S.Sn.3H/c;1-5(2,3)4;;;;/h;(H2,1,2,3,4);;;;/q+1;;;;;-1. The number of hydrogen-bond donors (Lipinski definition) is 2. The zero-order valence-corrected chi connectivity index (χ0v) is 10.7. The molecule has 7 heteroatoms. The van der Waals surface area contributed by atoms with E-state index in [1.165, 1.54) is 0 Å². The van der Waals surface area contributed by atoms with Gasteiger partial charge in [0.2, 0.25) is 0 Å². The SMILES string of the molecule is O=S(=O)(O)O.[H-].[Na+].[SnH2]. The van der Waals surface area contributed by atoms with Gasteiger partial charge in [-0.2, -0.15) is 8.42 Å². The molecule has 7 heavy (non-hydrogen) atoms. The van der Waals surface area contributed by atoms with E-state index < -0.39 is 10.4 Å². The Balaban J connectivity index is -0.0000000267. The number of rotatable bonds is 0. The minimum absolute atomic E-state index is 0. The second kappa shape index (κ2) is 5.80. The van der Waals surface area contributed by atoms with Gasteiger partial charge in [-0.3, -0.25) is 9.11 Å². The first-order chi connectivity index (χ1) is 2.00. The molecule has 0 aromatic heterocycles. The molecule has 4 nitrogen and oxygen atoms in total. The van der Waals surface area contributed by atoms with Crippen molar-refractivity contribution in [2.75, 3.05) is 0 Å². The summed E-state index contributed by atoms with van der Waals surface area (Å²) in [5.41, 5.74) is 0. The molecule has 0 aromatic carbocycles. The van der Waals surface area contributed by atoms with Crippen LogP contribution in [0.4, 0.5) is 0 Å². The fourth-order valence-electron chi connectivity index (χ4n) is 0. The third kappa shape index (κ3) is 88.5. The Morgan fingerprint density at radius 2 is 1.29 bits per heavy atom. The molecule has 0 aliphatic rings. The van der Waals surface area contributed by atoms with E-state index >= 15 is 0 Å². The first kappa shape index (κ1) is 15.9. The Bertz CT molecular complexity index is 99.2. The predicted octanol–water partition coefficient (Wildman–Crippen LogP) is -4.45. The van der Waals surface area contributed by atoms with Crippen LogP contribution in [0.1, 0.15) is 1.43 Å². The van der Waals surface area contributed by atoms with Gasteiger partial charge in [0.15, 0.2) is 0 Å². The van der Waals surface area contributed by atoms with Crippen LogP contribution in [0.5, 0.6) is 0 Å². The molecule has 0 bridgehead atoms. The van der Waals surface area contributed by atoms with Crippen molar-refractivity contribution in [3.05, 3.63) is 0 Å². The first-order valence-electron chi connectivity index (χ1n) is 0.698. The Labute approximate surface area is 82.0 Å². The van der Waals surface area contributed by atoms with Crippen LogP contribution < -0.4 is 29.6 Å². The Kier molecular flexibility index (Phi) is 13.1. The first-order valence-corrected chi connectivity index (χ1v) is 2.10. The molecule has 0 aliphatic carbocycles. The average Bonchev–Trinajstić information content (AvgIpc) is 0.722. The van der Waals surface area contributed by atoms with E-state index in [2.05, 4.69) is 0 Å². The van der Waals surface area contributed by atoms with Gasteiger partial charge in [0.05, 0.1) is 0 Å². The molecule has 2 radical (unpaired) electrons. The van der Waals surface area contributed by atoms with Crippen LogP contribution in [0.15, 0.2) is 0 Å². The van der Waals surface area contributed by atoms with Gasteiger partial charge < -0.3 is 1.43 Å². The van der Waals surface area contributed by atoms with E-state index in [1.807, 2.05) is 0 Å². The summed E-state index contributed by atoms with van der Waals surface area (Å²) < 4.78 is 31.6. The molecule has 0 rings (SSSR count). The summed E-state index contributed by atoms with van der Waals surface area (Å²) >= 11 is 0. The molecular weight excluding hydrogens is 238 g/mol. The molecule has 0 saturated carbocycles. The third-order valence-corrected chi connectivity index (χ3v) is 0. The maximum atomic E-state index is 8.74. The Hall–Kier alpha value is 1.67. The van der Waals surface area contributed by atoms with Crippen LogP contribution in [-0.2, 0) is 10.4 Å². The van der Waals surface area contributed by atoms with Gasteiger partial charge in [-0.1, -0.05) is 0 Å². The van der Waals surface area contributed by atoms with Crippen LogP contribution in [0.2, 0.25) is 0 Å². The molecule has 0 aromatic rings. The molecule has 2 N–H and O–H groups in total. The molecule has 0 atom stereocenters. The normalized spacial score (nSPS) is 8.29. The quantitative estimate of drug-likeness (QED) is 0.332. The fourth-order valence-corrected chi connectivity index (χ4v) is 0. The monoisotopic (exact) mass is 244 g/mol. The van der Waals surface area contributed by atoms with E-state index in [0.29, 0.717) is 0 Å². The predicted molar refractivity (Wildman–Crippen MR) is 23.8 cm³/mol. The van der Waals surface area contributed by atoms with Gasteiger partial charge in [0.1, 0.15) is 0 Å². The van der Waals surface area contributed by atoms with E-state index in [1.54, 1.807) is 0 Å². The molecule has 40 valence electrons. The second-order valence-electron chi connectivity index (χ2n) is 0.448. The van der Waals surface area contributed by atoms with Crippen molar-refractivity contribution in [2.45, 2.75) is 0 Å². The summed E-state index contributed by atoms with van der Waals surface area (Å²) in [5.74, 6) is 0. The van der Waals surface area contributed by atoms with E-state index in [9.17, 15) is 0 Å². The van der Waals surface area contributed by atoms with Gasteiger partial charge in [-0.05, 0) is 0 Å². The minimum atomic E-state index is -4.67. The van der Waals surface area contributed by atoms with Gasteiger partial charge in [0, 0.05) is 0 Å². The summed E-state index contributed by atoms with van der Waals surface area (Å²) in [6, 6.07) is 0. The molecule has 0 saturated heterocycles. The van der Waals surface area contributed by atoms with Crippen molar-refractivity contribution < 1.29 is 48.5 Å². The summed E-state index contributed by atoms with van der Waals surface area (Å²) in [4.78, 5) is 0. The average molecular weight is 243 g/mol. The van der Waals surface area contributed by atoms with Gasteiger partial charge in [-0.15, -0.1) is 0 Å². The van der Waals surface area contributed by atoms with Crippen LogP contribution in [0, 0.1) is 0 Å². The molecule has 0 spiro atoms. The zero-order valence-electron chi connectivity index (χ0n) is 4.83. The third-order valence-electron chi connectivity index (χ3n) is 0. The van der Waals surface area contributed by atoms with Crippen molar-refractivity contribution in [2.24, 2.45) is 0 Å². The summed E-state index contributed by atoms with van der Waals surface area (Å²) in [6.07, 6.45) is 0. The zero-order chi connectivity index (χ0) is 4.50. The summed E-state index contributed by atoms with van der Waals surface area (Å²) in [7, 11) is -4.67. The number of hydrogen-bond acceptors (Lipinski definition) is 2. The van der Waals surface area contributed by atoms with Crippen molar-refractivity contribution in [3.8, 4) is 0 Å². The Morgan fingerprint density at radius 3 is 1.29 bits per heavy atom. The van der Waals surface area contributed by atoms with Crippen LogP contribution in [-0.4, -0.2) is 41.4 Å². The Morgan fingerprint density at radius 1 is 1.29 bits per heavy atom.